The number of carbonyl (C=O) groups excluding carboxylic acids is 4. The van der Waals surface area contributed by atoms with E-state index in [4.69, 9.17) is 14.2 Å². The minimum Gasteiger partial charge on any atom is -0.464 e. The average Bonchev–Trinajstić information content (AvgIpc) is 3.53. The molecular weight excluding hydrogens is 628 g/mol. The summed E-state index contributed by atoms with van der Waals surface area (Å²) in [5, 5.41) is 2.72. The highest BCUT2D eigenvalue weighted by molar-refractivity contribution is 7.89. The molecule has 0 radical (unpaired) electrons. The molecule has 14 heteroatoms. The first kappa shape index (κ1) is 35.7. The van der Waals surface area contributed by atoms with Gasteiger partial charge in [0.1, 0.15) is 23.4 Å². The van der Waals surface area contributed by atoms with Crippen LogP contribution in [0.5, 0.6) is 5.75 Å². The van der Waals surface area contributed by atoms with Crippen LogP contribution in [0.15, 0.2) is 53.4 Å². The van der Waals surface area contributed by atoms with E-state index in [-0.39, 0.29) is 30.2 Å². The fourth-order valence-electron chi connectivity index (χ4n) is 5.33. The minimum atomic E-state index is -3.92. The van der Waals surface area contributed by atoms with Crippen molar-refractivity contribution in [2.75, 3.05) is 39.3 Å². The van der Waals surface area contributed by atoms with E-state index in [1.54, 1.807) is 69.0 Å². The number of carbonyl (C=O) groups is 4. The molecule has 47 heavy (non-hydrogen) atoms. The van der Waals surface area contributed by atoms with Gasteiger partial charge in [-0.05, 0) is 77.3 Å². The maximum absolute atomic E-state index is 13.4. The molecule has 2 atom stereocenters. The number of esters is 1. The summed E-state index contributed by atoms with van der Waals surface area (Å²) in [7, 11) is -3.92. The zero-order valence-corrected chi connectivity index (χ0v) is 28.4. The summed E-state index contributed by atoms with van der Waals surface area (Å²) in [5.41, 5.74) is 0.965. The van der Waals surface area contributed by atoms with Crippen LogP contribution in [0.3, 0.4) is 0 Å². The molecule has 2 heterocycles. The van der Waals surface area contributed by atoms with Gasteiger partial charge in [-0.25, -0.2) is 22.8 Å². The van der Waals surface area contributed by atoms with E-state index in [2.05, 4.69) is 5.32 Å². The molecule has 2 fully saturated rings. The first-order valence-electron chi connectivity index (χ1n) is 15.8. The molecule has 1 N–H and O–H groups in total. The Morgan fingerprint density at radius 2 is 1.49 bits per heavy atom. The predicted molar refractivity (Wildman–Crippen MR) is 172 cm³/mol. The van der Waals surface area contributed by atoms with Crippen molar-refractivity contribution in [2.24, 2.45) is 0 Å². The van der Waals surface area contributed by atoms with Crippen LogP contribution >= 0.6 is 0 Å². The van der Waals surface area contributed by atoms with Crippen molar-refractivity contribution in [1.82, 2.24) is 19.4 Å². The monoisotopic (exact) mass is 672 g/mol. The number of hydrogen-bond donors (Lipinski definition) is 1. The van der Waals surface area contributed by atoms with E-state index in [0.29, 0.717) is 44.6 Å². The Bertz CT molecular complexity index is 1530. The quantitative estimate of drug-likeness (QED) is 0.395. The van der Waals surface area contributed by atoms with Gasteiger partial charge in [0.2, 0.25) is 15.9 Å². The Morgan fingerprint density at radius 3 is 2.06 bits per heavy atom. The van der Waals surface area contributed by atoms with Crippen LogP contribution in [-0.2, 0) is 35.5 Å². The van der Waals surface area contributed by atoms with Gasteiger partial charge in [0.15, 0.2) is 0 Å². The number of nitrogens with one attached hydrogen (secondary N) is 1. The second kappa shape index (κ2) is 15.2. The van der Waals surface area contributed by atoms with Gasteiger partial charge in [0, 0.05) is 39.1 Å². The van der Waals surface area contributed by atoms with Crippen LogP contribution in [0, 0.1) is 6.92 Å². The smallest absolute Gasteiger partial charge is 0.415 e. The Morgan fingerprint density at radius 1 is 0.894 bits per heavy atom. The lowest BCUT2D eigenvalue weighted by Crippen LogP contribution is -2.52. The highest BCUT2D eigenvalue weighted by atomic mass is 32.2. The molecule has 0 unspecified atom stereocenters. The van der Waals surface area contributed by atoms with E-state index in [1.807, 2.05) is 6.92 Å². The number of ether oxygens (including phenoxy) is 3. The topological polar surface area (TPSA) is 152 Å². The molecule has 2 aromatic carbocycles. The average molecular weight is 673 g/mol. The summed E-state index contributed by atoms with van der Waals surface area (Å²) in [5.74, 6) is -0.936. The lowest BCUT2D eigenvalue weighted by molar-refractivity contribution is -0.147. The number of nitrogens with zero attached hydrogens (tertiary/aromatic N) is 3. The van der Waals surface area contributed by atoms with Gasteiger partial charge in [-0.1, -0.05) is 29.8 Å². The molecular formula is C33H44N4O9S. The number of sulfonamides is 1. The lowest BCUT2D eigenvalue weighted by Gasteiger charge is -2.35. The molecule has 0 aliphatic carbocycles. The number of aryl methyl sites for hydroxylation is 1. The van der Waals surface area contributed by atoms with Crippen LogP contribution in [0.25, 0.3) is 0 Å². The summed E-state index contributed by atoms with van der Waals surface area (Å²) < 4.78 is 44.0. The van der Waals surface area contributed by atoms with E-state index in [9.17, 15) is 27.6 Å². The van der Waals surface area contributed by atoms with Gasteiger partial charge >= 0.3 is 18.2 Å². The van der Waals surface area contributed by atoms with Crippen LogP contribution in [0.1, 0.15) is 51.7 Å². The van der Waals surface area contributed by atoms with Crippen molar-refractivity contribution in [3.63, 3.8) is 0 Å². The number of amides is 3. The summed E-state index contributed by atoms with van der Waals surface area (Å²) in [6, 6.07) is 10.9. The van der Waals surface area contributed by atoms with Crippen molar-refractivity contribution in [2.45, 2.75) is 76.5 Å². The minimum absolute atomic E-state index is 0.0723. The molecule has 0 spiro atoms. The van der Waals surface area contributed by atoms with E-state index >= 15 is 0 Å². The molecule has 3 amide bonds. The van der Waals surface area contributed by atoms with E-state index < -0.39 is 51.8 Å². The fraction of sp³-hybridized carbons (Fsp3) is 0.515. The number of benzene rings is 2. The standard InChI is InChI=1S/C33H44N4O9S/c1-6-44-30(39)27(34-29(38)28-8-7-17-37(28)47(42,43)26-15-9-23(2)10-16-26)22-24-11-13-25(14-12-24)45-31(40)35-18-20-36(21-19-35)32(41)46-33(3,4)5/h9-16,27-28H,6-8,17-22H2,1-5H3,(H,34,38)/t27-,28-/m0/s1. The third-order valence-electron chi connectivity index (χ3n) is 7.78. The predicted octanol–water partition coefficient (Wildman–Crippen LogP) is 3.49. The van der Waals surface area contributed by atoms with Gasteiger partial charge in [-0.15, -0.1) is 0 Å². The molecule has 256 valence electrons. The van der Waals surface area contributed by atoms with Crippen molar-refractivity contribution in [3.05, 3.63) is 59.7 Å². The normalized spacial score (nSPS) is 17.9. The van der Waals surface area contributed by atoms with Gasteiger partial charge < -0.3 is 29.3 Å². The second-order valence-corrected chi connectivity index (χ2v) is 14.5. The highest BCUT2D eigenvalue weighted by Crippen LogP contribution is 2.27. The molecule has 2 saturated heterocycles. The highest BCUT2D eigenvalue weighted by Gasteiger charge is 2.40. The molecule has 0 saturated carbocycles. The fourth-order valence-corrected chi connectivity index (χ4v) is 6.99. The number of piperazine rings is 1. The molecule has 13 nitrogen and oxygen atoms in total. The Balaban J connectivity index is 1.35. The van der Waals surface area contributed by atoms with Crippen molar-refractivity contribution < 1.29 is 41.8 Å². The van der Waals surface area contributed by atoms with Crippen LogP contribution in [0.4, 0.5) is 9.59 Å². The second-order valence-electron chi connectivity index (χ2n) is 12.6. The van der Waals surface area contributed by atoms with Crippen LogP contribution < -0.4 is 10.1 Å². The van der Waals surface area contributed by atoms with Crippen molar-refractivity contribution in [1.29, 1.82) is 0 Å². The first-order valence-corrected chi connectivity index (χ1v) is 17.2. The maximum atomic E-state index is 13.4. The largest absolute Gasteiger partial charge is 0.464 e. The third-order valence-corrected chi connectivity index (χ3v) is 9.70. The van der Waals surface area contributed by atoms with Gasteiger partial charge in [0.25, 0.3) is 0 Å². The maximum Gasteiger partial charge on any atom is 0.415 e. The number of rotatable bonds is 9. The molecule has 4 rings (SSSR count). The van der Waals surface area contributed by atoms with Crippen LogP contribution in [0.2, 0.25) is 0 Å². The zero-order valence-electron chi connectivity index (χ0n) is 27.6. The van der Waals surface area contributed by atoms with Gasteiger partial charge in [-0.3, -0.25) is 4.79 Å². The van der Waals surface area contributed by atoms with Crippen molar-refractivity contribution in [3.8, 4) is 5.75 Å². The third kappa shape index (κ3) is 9.44. The molecule has 0 aromatic heterocycles. The summed E-state index contributed by atoms with van der Waals surface area (Å²) in [6.07, 6.45) is -0.0793. The van der Waals surface area contributed by atoms with Crippen LogP contribution in [-0.4, -0.2) is 104 Å². The molecule has 0 bridgehead atoms. The summed E-state index contributed by atoms with van der Waals surface area (Å²) >= 11 is 0. The SMILES string of the molecule is CCOC(=O)[C@H](Cc1ccc(OC(=O)N2CCN(C(=O)OC(C)(C)C)CC2)cc1)NC(=O)[C@@H]1CCCN1S(=O)(=O)c1ccc(C)cc1. The van der Waals surface area contributed by atoms with E-state index in [1.165, 1.54) is 21.3 Å². The summed E-state index contributed by atoms with van der Waals surface area (Å²) in [6.45, 7) is 10.4. The lowest BCUT2D eigenvalue weighted by atomic mass is 10.0. The molecule has 2 aromatic rings. The molecule has 2 aliphatic heterocycles. The Kier molecular flexibility index (Phi) is 11.5. The summed E-state index contributed by atoms with van der Waals surface area (Å²) in [4.78, 5) is 54.5. The Hall–Kier alpha value is -4.17. The zero-order chi connectivity index (χ0) is 34.4. The van der Waals surface area contributed by atoms with Crippen molar-refractivity contribution >= 4 is 34.1 Å². The first-order chi connectivity index (χ1) is 22.2. The van der Waals surface area contributed by atoms with E-state index in [0.717, 1.165) is 5.56 Å². The molecule has 2 aliphatic rings. The number of hydrogen-bond acceptors (Lipinski definition) is 9. The Labute approximate surface area is 276 Å². The van der Waals surface area contributed by atoms with Gasteiger partial charge in [0.05, 0.1) is 11.5 Å². The van der Waals surface area contributed by atoms with Gasteiger partial charge in [-0.2, -0.15) is 4.31 Å².